The lowest BCUT2D eigenvalue weighted by Crippen LogP contribution is -2.40. The summed E-state index contributed by atoms with van der Waals surface area (Å²) in [5.74, 6) is 0. The highest BCUT2D eigenvalue weighted by molar-refractivity contribution is 7.87. The van der Waals surface area contributed by atoms with Gasteiger partial charge in [0.1, 0.15) is 4.75 Å². The summed E-state index contributed by atoms with van der Waals surface area (Å²) < 4.78 is 28.8. The Labute approximate surface area is 66.8 Å². The van der Waals surface area contributed by atoms with Crippen molar-refractivity contribution in [3.05, 3.63) is 12.2 Å². The Bertz CT molecular complexity index is 245. The van der Waals surface area contributed by atoms with Crippen molar-refractivity contribution in [1.29, 1.82) is 0 Å². The largest absolute Gasteiger partial charge is 0.329 e. The Balaban J connectivity index is 4.92. The molecule has 0 rings (SSSR count). The predicted molar refractivity (Wildman–Crippen MR) is 43.8 cm³/mol. The van der Waals surface area contributed by atoms with Gasteiger partial charge in [-0.1, -0.05) is 12.2 Å². The van der Waals surface area contributed by atoms with Crippen molar-refractivity contribution in [3.63, 3.8) is 0 Å². The molecule has 0 aliphatic heterocycles. The van der Waals surface area contributed by atoms with Gasteiger partial charge in [-0.25, -0.2) is 0 Å². The molecule has 0 saturated heterocycles. The lowest BCUT2D eigenvalue weighted by Gasteiger charge is -2.19. The first kappa shape index (κ1) is 10.6. The fraction of sp³-hybridized carbons (Fsp3) is 0.667. The maximum atomic E-state index is 10.7. The summed E-state index contributed by atoms with van der Waals surface area (Å²) in [6.07, 6.45) is 2.91. The highest BCUT2D eigenvalue weighted by atomic mass is 32.2. The molecule has 4 nitrogen and oxygen atoms in total. The van der Waals surface area contributed by atoms with Gasteiger partial charge in [-0.2, -0.15) is 8.42 Å². The molecule has 1 unspecified atom stereocenters. The highest BCUT2D eigenvalue weighted by Gasteiger charge is 2.33. The lowest BCUT2D eigenvalue weighted by atomic mass is 10.1. The monoisotopic (exact) mass is 179 g/mol. The van der Waals surface area contributed by atoms with E-state index in [1.165, 1.54) is 13.0 Å². The smallest absolute Gasteiger partial charge is 0.275 e. The van der Waals surface area contributed by atoms with E-state index in [0.717, 1.165) is 0 Å². The molecule has 3 N–H and O–H groups in total. The second-order valence-corrected chi connectivity index (χ2v) is 4.37. The van der Waals surface area contributed by atoms with Gasteiger partial charge in [-0.15, -0.1) is 0 Å². The molecule has 0 aromatic carbocycles. The van der Waals surface area contributed by atoms with E-state index in [0.29, 0.717) is 0 Å². The Morgan fingerprint density at radius 3 is 2.18 bits per heavy atom. The summed E-state index contributed by atoms with van der Waals surface area (Å²) in [7, 11) is -4.09. The Morgan fingerprint density at radius 1 is 1.64 bits per heavy atom. The molecule has 66 valence electrons. The van der Waals surface area contributed by atoms with Gasteiger partial charge >= 0.3 is 0 Å². The van der Waals surface area contributed by atoms with Crippen molar-refractivity contribution < 1.29 is 13.0 Å². The van der Waals surface area contributed by atoms with Crippen molar-refractivity contribution in [2.24, 2.45) is 5.73 Å². The highest BCUT2D eigenvalue weighted by Crippen LogP contribution is 2.15. The molecule has 1 atom stereocenters. The van der Waals surface area contributed by atoms with Gasteiger partial charge in [0, 0.05) is 6.54 Å². The second kappa shape index (κ2) is 3.34. The van der Waals surface area contributed by atoms with E-state index in [1.807, 2.05) is 0 Å². The summed E-state index contributed by atoms with van der Waals surface area (Å²) in [6, 6.07) is 0. The summed E-state index contributed by atoms with van der Waals surface area (Å²) in [4.78, 5) is 0. The summed E-state index contributed by atoms with van der Waals surface area (Å²) in [5.41, 5.74) is 5.19. The first-order chi connectivity index (χ1) is 4.87. The van der Waals surface area contributed by atoms with Crippen LogP contribution in [0.5, 0.6) is 0 Å². The van der Waals surface area contributed by atoms with Gasteiger partial charge in [-0.05, 0) is 13.8 Å². The number of hydrogen-bond donors (Lipinski definition) is 2. The van der Waals surface area contributed by atoms with Crippen LogP contribution in [0.15, 0.2) is 12.2 Å². The zero-order valence-corrected chi connectivity index (χ0v) is 7.43. The molecule has 0 bridgehead atoms. The van der Waals surface area contributed by atoms with Gasteiger partial charge in [0.25, 0.3) is 10.1 Å². The number of rotatable bonds is 3. The van der Waals surface area contributed by atoms with E-state index in [2.05, 4.69) is 0 Å². The van der Waals surface area contributed by atoms with Crippen LogP contribution in [0.4, 0.5) is 0 Å². The summed E-state index contributed by atoms with van der Waals surface area (Å²) >= 11 is 0. The summed E-state index contributed by atoms with van der Waals surface area (Å²) in [6.45, 7) is 2.90. The van der Waals surface area contributed by atoms with E-state index >= 15 is 0 Å². The molecule has 0 radical (unpaired) electrons. The molecule has 0 fully saturated rings. The molecule has 0 aliphatic rings. The SMILES string of the molecule is CC=CC(C)(CN)S(=O)(=O)O. The third kappa shape index (κ3) is 2.28. The minimum absolute atomic E-state index is 0.129. The van der Waals surface area contributed by atoms with Gasteiger partial charge < -0.3 is 5.73 Å². The molecule has 0 spiro atoms. The Hall–Kier alpha value is -0.390. The van der Waals surface area contributed by atoms with Gasteiger partial charge in [-0.3, -0.25) is 4.55 Å². The van der Waals surface area contributed by atoms with Crippen LogP contribution in [0.3, 0.4) is 0 Å². The van der Waals surface area contributed by atoms with Gasteiger partial charge in [0.15, 0.2) is 0 Å². The third-order valence-electron chi connectivity index (χ3n) is 1.51. The average Bonchev–Trinajstić information content (AvgIpc) is 1.86. The molecular formula is C6H13NO3S. The maximum Gasteiger partial charge on any atom is 0.275 e. The average molecular weight is 179 g/mol. The maximum absolute atomic E-state index is 10.7. The second-order valence-electron chi connectivity index (χ2n) is 2.49. The lowest BCUT2D eigenvalue weighted by molar-refractivity contribution is 0.454. The van der Waals surface area contributed by atoms with Crippen LogP contribution < -0.4 is 5.73 Å². The van der Waals surface area contributed by atoms with Crippen molar-refractivity contribution in [3.8, 4) is 0 Å². The number of hydrogen-bond acceptors (Lipinski definition) is 3. The minimum atomic E-state index is -4.09. The van der Waals surface area contributed by atoms with Crippen molar-refractivity contribution in [1.82, 2.24) is 0 Å². The van der Waals surface area contributed by atoms with E-state index < -0.39 is 14.9 Å². The van der Waals surface area contributed by atoms with Crippen LogP contribution in [0, 0.1) is 0 Å². The first-order valence-corrected chi connectivity index (χ1v) is 4.62. The van der Waals surface area contributed by atoms with E-state index in [9.17, 15) is 8.42 Å². The molecule has 0 saturated carbocycles. The fourth-order valence-corrected chi connectivity index (χ4v) is 1.13. The van der Waals surface area contributed by atoms with Crippen LogP contribution >= 0.6 is 0 Å². The van der Waals surface area contributed by atoms with Crippen LogP contribution in [0.2, 0.25) is 0 Å². The normalized spacial score (nSPS) is 18.5. The molecule has 0 heterocycles. The minimum Gasteiger partial charge on any atom is -0.329 e. The predicted octanol–water partition coefficient (Wildman–Crippen LogP) is 0.168. The van der Waals surface area contributed by atoms with Crippen molar-refractivity contribution in [2.45, 2.75) is 18.6 Å². The molecule has 0 aliphatic carbocycles. The zero-order valence-electron chi connectivity index (χ0n) is 6.61. The topological polar surface area (TPSA) is 80.4 Å². The molecule has 5 heteroatoms. The molecule has 0 aromatic rings. The first-order valence-electron chi connectivity index (χ1n) is 3.18. The quantitative estimate of drug-likeness (QED) is 0.478. The van der Waals surface area contributed by atoms with Crippen LogP contribution in [-0.2, 0) is 10.1 Å². The molecule has 0 aromatic heterocycles. The van der Waals surface area contributed by atoms with Crippen LogP contribution in [-0.4, -0.2) is 24.3 Å². The molecular weight excluding hydrogens is 166 g/mol. The zero-order chi connectivity index (χ0) is 9.12. The Morgan fingerprint density at radius 2 is 2.09 bits per heavy atom. The third-order valence-corrected chi connectivity index (χ3v) is 3.00. The van der Waals surface area contributed by atoms with Crippen LogP contribution in [0.25, 0.3) is 0 Å². The summed E-state index contributed by atoms with van der Waals surface area (Å²) in [5, 5.41) is 0. The standard InChI is InChI=1S/C6H13NO3S/c1-3-4-6(2,5-7)11(8,9)10/h3-4H,5,7H2,1-2H3,(H,8,9,10). The van der Waals surface area contributed by atoms with Crippen molar-refractivity contribution in [2.75, 3.05) is 6.54 Å². The fourth-order valence-electron chi connectivity index (χ4n) is 0.612. The molecule has 0 amide bonds. The number of nitrogens with two attached hydrogens (primary N) is 1. The van der Waals surface area contributed by atoms with Crippen molar-refractivity contribution >= 4 is 10.1 Å². The van der Waals surface area contributed by atoms with E-state index in [4.69, 9.17) is 10.3 Å². The van der Waals surface area contributed by atoms with Gasteiger partial charge in [0.2, 0.25) is 0 Å². The van der Waals surface area contributed by atoms with Gasteiger partial charge in [0.05, 0.1) is 0 Å². The number of allylic oxidation sites excluding steroid dienone is 1. The Kier molecular flexibility index (Phi) is 3.22. The van der Waals surface area contributed by atoms with E-state index in [1.54, 1.807) is 13.0 Å². The van der Waals surface area contributed by atoms with Crippen LogP contribution in [0.1, 0.15) is 13.8 Å². The molecule has 11 heavy (non-hydrogen) atoms. The van der Waals surface area contributed by atoms with E-state index in [-0.39, 0.29) is 6.54 Å².